The molecule has 1 saturated heterocycles. The number of fused-ring (bicyclic) bond motifs is 1. The SMILES string of the molecule is CC1=CC(N2CCCC(F)(F)C2)=NC2=CCN(C(C)C(F)(F)F)N12. The van der Waals surface area contributed by atoms with Crippen molar-refractivity contribution in [2.24, 2.45) is 4.99 Å². The van der Waals surface area contributed by atoms with Crippen molar-refractivity contribution in [2.75, 3.05) is 19.6 Å². The minimum atomic E-state index is -4.36. The van der Waals surface area contributed by atoms with Crippen molar-refractivity contribution in [3.05, 3.63) is 23.7 Å². The quantitative estimate of drug-likeness (QED) is 0.677. The van der Waals surface area contributed by atoms with E-state index in [9.17, 15) is 22.0 Å². The molecule has 24 heavy (non-hydrogen) atoms. The predicted octanol–water partition coefficient (Wildman–Crippen LogP) is 3.36. The van der Waals surface area contributed by atoms with Gasteiger partial charge in [-0.1, -0.05) is 0 Å². The Kier molecular flexibility index (Phi) is 4.09. The first-order chi connectivity index (χ1) is 11.1. The van der Waals surface area contributed by atoms with Crippen molar-refractivity contribution in [2.45, 2.75) is 44.8 Å². The van der Waals surface area contributed by atoms with Crippen LogP contribution < -0.4 is 0 Å². The van der Waals surface area contributed by atoms with E-state index >= 15 is 0 Å². The molecule has 1 atom stereocenters. The minimum Gasteiger partial charge on any atom is -0.350 e. The van der Waals surface area contributed by atoms with E-state index in [1.165, 1.54) is 14.9 Å². The van der Waals surface area contributed by atoms with Gasteiger partial charge in [0.15, 0.2) is 0 Å². The maximum absolute atomic E-state index is 13.6. The number of hydrogen-bond acceptors (Lipinski definition) is 4. The van der Waals surface area contributed by atoms with Crippen LogP contribution >= 0.6 is 0 Å². The van der Waals surface area contributed by atoms with Crippen LogP contribution in [-0.4, -0.2) is 58.5 Å². The molecule has 0 bridgehead atoms. The molecule has 0 aromatic heterocycles. The van der Waals surface area contributed by atoms with Gasteiger partial charge in [-0.2, -0.15) is 18.2 Å². The van der Waals surface area contributed by atoms with Crippen molar-refractivity contribution in [1.29, 1.82) is 0 Å². The van der Waals surface area contributed by atoms with E-state index in [0.717, 1.165) is 6.92 Å². The van der Waals surface area contributed by atoms with Crippen LogP contribution in [0.15, 0.2) is 28.7 Å². The number of hydrogen-bond donors (Lipinski definition) is 0. The first kappa shape index (κ1) is 17.2. The molecule has 0 radical (unpaired) electrons. The van der Waals surface area contributed by atoms with Gasteiger partial charge in [0.2, 0.25) is 0 Å². The van der Waals surface area contributed by atoms with Crippen LogP contribution in [0.25, 0.3) is 0 Å². The van der Waals surface area contributed by atoms with Gasteiger partial charge in [-0.3, -0.25) is 5.01 Å². The molecular formula is C15H19F5N4. The third-order valence-electron chi connectivity index (χ3n) is 4.47. The van der Waals surface area contributed by atoms with Crippen LogP contribution in [0.5, 0.6) is 0 Å². The molecule has 3 aliphatic rings. The first-order valence-electron chi connectivity index (χ1n) is 7.82. The second-order valence-electron chi connectivity index (χ2n) is 6.35. The van der Waals surface area contributed by atoms with Crippen LogP contribution in [-0.2, 0) is 0 Å². The highest BCUT2D eigenvalue weighted by Gasteiger charge is 2.45. The Morgan fingerprint density at radius 1 is 1.29 bits per heavy atom. The second kappa shape index (κ2) is 5.72. The molecule has 0 aliphatic carbocycles. The minimum absolute atomic E-state index is 0.0775. The molecule has 0 saturated carbocycles. The Morgan fingerprint density at radius 2 is 2.00 bits per heavy atom. The standard InChI is InChI=1S/C15H19F5N4/c1-10-8-13(22-6-3-5-14(16,17)9-22)21-12-4-7-23(24(10)12)11(2)15(18,19)20/h4,8,11H,3,5-7,9H2,1-2H3. The molecule has 0 spiro atoms. The molecule has 3 aliphatic heterocycles. The Labute approximate surface area is 136 Å². The zero-order valence-corrected chi connectivity index (χ0v) is 13.4. The van der Waals surface area contributed by atoms with Gasteiger partial charge in [0.1, 0.15) is 17.7 Å². The highest BCUT2D eigenvalue weighted by atomic mass is 19.4. The van der Waals surface area contributed by atoms with Gasteiger partial charge in [0, 0.05) is 31.3 Å². The van der Waals surface area contributed by atoms with E-state index in [2.05, 4.69) is 4.99 Å². The van der Waals surface area contributed by atoms with Crippen LogP contribution in [0.1, 0.15) is 26.7 Å². The van der Waals surface area contributed by atoms with Gasteiger partial charge in [-0.05, 0) is 26.3 Å². The number of allylic oxidation sites excluding steroid dienone is 1. The summed E-state index contributed by atoms with van der Waals surface area (Å²) >= 11 is 0. The lowest BCUT2D eigenvalue weighted by molar-refractivity contribution is -0.201. The lowest BCUT2D eigenvalue weighted by atomic mass is 10.1. The van der Waals surface area contributed by atoms with Gasteiger partial charge in [-0.15, -0.1) is 0 Å². The lowest BCUT2D eigenvalue weighted by Gasteiger charge is -2.40. The Balaban J connectivity index is 1.81. The molecule has 134 valence electrons. The van der Waals surface area contributed by atoms with Gasteiger partial charge in [-0.25, -0.2) is 13.8 Å². The lowest BCUT2D eigenvalue weighted by Crippen LogP contribution is -2.51. The summed E-state index contributed by atoms with van der Waals surface area (Å²) in [4.78, 5) is 5.81. The van der Waals surface area contributed by atoms with E-state index < -0.39 is 24.7 Å². The van der Waals surface area contributed by atoms with E-state index in [1.807, 2.05) is 0 Å². The fourth-order valence-corrected chi connectivity index (χ4v) is 3.17. The molecule has 0 aromatic carbocycles. The van der Waals surface area contributed by atoms with Crippen molar-refractivity contribution in [1.82, 2.24) is 14.9 Å². The number of halogens is 5. The van der Waals surface area contributed by atoms with Crippen molar-refractivity contribution >= 4 is 5.84 Å². The number of nitrogens with zero attached hydrogens (tertiary/aromatic N) is 4. The molecule has 0 amide bonds. The summed E-state index contributed by atoms with van der Waals surface area (Å²) in [6.45, 7) is 2.88. The summed E-state index contributed by atoms with van der Waals surface area (Å²) in [5.41, 5.74) is 0.536. The van der Waals surface area contributed by atoms with Gasteiger partial charge in [0.25, 0.3) is 5.92 Å². The maximum atomic E-state index is 13.6. The van der Waals surface area contributed by atoms with Crippen LogP contribution in [0.4, 0.5) is 22.0 Å². The van der Waals surface area contributed by atoms with Crippen LogP contribution in [0.3, 0.4) is 0 Å². The number of piperidine rings is 1. The fourth-order valence-electron chi connectivity index (χ4n) is 3.17. The van der Waals surface area contributed by atoms with E-state index in [1.54, 1.807) is 19.1 Å². The molecule has 0 N–H and O–H groups in total. The monoisotopic (exact) mass is 350 g/mol. The fraction of sp³-hybridized carbons (Fsp3) is 0.667. The third kappa shape index (κ3) is 3.13. The summed E-state index contributed by atoms with van der Waals surface area (Å²) in [6.07, 6.45) is -0.993. The zero-order chi connectivity index (χ0) is 17.7. The Morgan fingerprint density at radius 3 is 2.62 bits per heavy atom. The molecular weight excluding hydrogens is 331 g/mol. The van der Waals surface area contributed by atoms with E-state index in [-0.39, 0.29) is 13.0 Å². The van der Waals surface area contributed by atoms with E-state index in [0.29, 0.717) is 30.3 Å². The topological polar surface area (TPSA) is 22.1 Å². The number of amidine groups is 1. The van der Waals surface area contributed by atoms with Gasteiger partial charge in [0.05, 0.1) is 6.54 Å². The molecule has 1 unspecified atom stereocenters. The molecule has 4 nitrogen and oxygen atoms in total. The zero-order valence-electron chi connectivity index (χ0n) is 13.4. The van der Waals surface area contributed by atoms with Gasteiger partial charge >= 0.3 is 6.18 Å². The smallest absolute Gasteiger partial charge is 0.350 e. The van der Waals surface area contributed by atoms with Crippen molar-refractivity contribution in [3.63, 3.8) is 0 Å². The van der Waals surface area contributed by atoms with Crippen LogP contribution in [0.2, 0.25) is 0 Å². The molecule has 3 rings (SSSR count). The third-order valence-corrected chi connectivity index (χ3v) is 4.47. The van der Waals surface area contributed by atoms with Crippen LogP contribution in [0, 0.1) is 0 Å². The summed E-state index contributed by atoms with van der Waals surface area (Å²) in [5, 5.41) is 2.58. The number of alkyl halides is 5. The molecule has 0 aromatic rings. The number of hydrazine groups is 1. The van der Waals surface area contributed by atoms with Crippen molar-refractivity contribution < 1.29 is 22.0 Å². The molecule has 3 heterocycles. The highest BCUT2D eigenvalue weighted by molar-refractivity contribution is 5.95. The predicted molar refractivity (Wildman–Crippen MR) is 79.1 cm³/mol. The molecule has 9 heteroatoms. The summed E-state index contributed by atoms with van der Waals surface area (Å²) in [7, 11) is 0. The van der Waals surface area contributed by atoms with Crippen molar-refractivity contribution in [3.8, 4) is 0 Å². The Bertz CT molecular complexity index is 607. The van der Waals surface area contributed by atoms with Gasteiger partial charge < -0.3 is 4.90 Å². The summed E-state index contributed by atoms with van der Waals surface area (Å²) in [6, 6.07) is -1.66. The normalized spacial score (nSPS) is 25.9. The largest absolute Gasteiger partial charge is 0.405 e. The average Bonchev–Trinajstić information content (AvgIpc) is 2.88. The first-order valence-corrected chi connectivity index (χ1v) is 7.82. The summed E-state index contributed by atoms with van der Waals surface area (Å²) < 4.78 is 66.2. The number of rotatable bonds is 1. The average molecular weight is 350 g/mol. The number of likely N-dealkylation sites (tertiary alicyclic amines) is 1. The summed E-state index contributed by atoms with van der Waals surface area (Å²) in [5.74, 6) is -2.02. The molecule has 1 fully saturated rings. The number of aliphatic imine (C=N–C) groups is 1. The maximum Gasteiger partial charge on any atom is 0.405 e. The Hall–Kier alpha value is -1.64. The van der Waals surface area contributed by atoms with E-state index in [4.69, 9.17) is 0 Å². The highest BCUT2D eigenvalue weighted by Crippen LogP contribution is 2.35. The second-order valence-corrected chi connectivity index (χ2v) is 6.35.